The fraction of sp³-hybridized carbons (Fsp3) is 0.333. The average Bonchev–Trinajstić information content (AvgIpc) is 2.79. The first-order valence-electron chi connectivity index (χ1n) is 6.75. The zero-order valence-electron chi connectivity index (χ0n) is 12.8. The standard InChI is InChI=1S/C15H18ClN3O2S.ClH/c1-9-13(7-10-4-3-5-11(16)6-10)22-15(18-9)19-14(20)12(17)8-21-2;/h3-6,12H,7-8,17H2,1-2H3,(H,18,19,20);1H. The normalized spacial score (nSPS) is 11.7. The molecule has 0 aliphatic heterocycles. The second kappa shape index (κ2) is 9.20. The van der Waals surface area contributed by atoms with Crippen LogP contribution in [0.3, 0.4) is 0 Å². The number of methoxy groups -OCH3 is 1. The molecule has 0 fully saturated rings. The van der Waals surface area contributed by atoms with Crippen LogP contribution < -0.4 is 11.1 Å². The average molecular weight is 376 g/mol. The lowest BCUT2D eigenvalue weighted by molar-refractivity contribution is -0.118. The maximum Gasteiger partial charge on any atom is 0.245 e. The summed E-state index contributed by atoms with van der Waals surface area (Å²) in [7, 11) is 1.50. The van der Waals surface area contributed by atoms with Crippen LogP contribution in [-0.4, -0.2) is 30.6 Å². The maximum atomic E-state index is 11.9. The van der Waals surface area contributed by atoms with E-state index in [9.17, 15) is 4.79 Å². The van der Waals surface area contributed by atoms with Crippen molar-refractivity contribution in [2.75, 3.05) is 19.0 Å². The first kappa shape index (κ1) is 19.9. The number of hydrogen-bond donors (Lipinski definition) is 2. The number of nitrogens with one attached hydrogen (secondary N) is 1. The molecular formula is C15H19Cl2N3O2S. The van der Waals surface area contributed by atoms with Crippen LogP contribution in [0.1, 0.15) is 16.1 Å². The van der Waals surface area contributed by atoms with Crippen LogP contribution in [0, 0.1) is 6.92 Å². The number of amides is 1. The van der Waals surface area contributed by atoms with Gasteiger partial charge in [0.2, 0.25) is 5.91 Å². The summed E-state index contributed by atoms with van der Waals surface area (Å²) in [5, 5.41) is 3.98. The molecule has 3 N–H and O–H groups in total. The minimum Gasteiger partial charge on any atom is -0.383 e. The van der Waals surface area contributed by atoms with Crippen LogP contribution in [0.5, 0.6) is 0 Å². The highest BCUT2D eigenvalue weighted by molar-refractivity contribution is 7.15. The van der Waals surface area contributed by atoms with E-state index in [0.717, 1.165) is 22.6 Å². The number of anilines is 1. The second-order valence-electron chi connectivity index (χ2n) is 4.89. The third-order valence-electron chi connectivity index (χ3n) is 3.06. The largest absolute Gasteiger partial charge is 0.383 e. The highest BCUT2D eigenvalue weighted by Crippen LogP contribution is 2.26. The van der Waals surface area contributed by atoms with Crippen molar-refractivity contribution in [1.82, 2.24) is 4.98 Å². The number of aromatic nitrogens is 1. The number of nitrogens with two attached hydrogens (primary N) is 1. The van der Waals surface area contributed by atoms with Gasteiger partial charge >= 0.3 is 0 Å². The molecule has 1 amide bonds. The Labute approximate surface area is 150 Å². The van der Waals surface area contributed by atoms with E-state index in [4.69, 9.17) is 22.1 Å². The zero-order chi connectivity index (χ0) is 16.1. The molecule has 1 heterocycles. The molecule has 0 bridgehead atoms. The summed E-state index contributed by atoms with van der Waals surface area (Å²) in [6.45, 7) is 2.09. The molecule has 0 aliphatic carbocycles. The SMILES string of the molecule is COCC(N)C(=O)Nc1nc(C)c(Cc2cccc(Cl)c2)s1.Cl. The molecule has 0 saturated heterocycles. The summed E-state index contributed by atoms with van der Waals surface area (Å²) in [6.07, 6.45) is 0.726. The predicted octanol–water partition coefficient (Wildman–Crippen LogP) is 3.03. The van der Waals surface area contributed by atoms with Crippen LogP contribution in [0.2, 0.25) is 5.02 Å². The fourth-order valence-electron chi connectivity index (χ4n) is 1.93. The third-order valence-corrected chi connectivity index (χ3v) is 4.37. The van der Waals surface area contributed by atoms with Gasteiger partial charge in [-0.05, 0) is 24.6 Å². The molecule has 1 aromatic carbocycles. The van der Waals surface area contributed by atoms with Gasteiger partial charge in [0.05, 0.1) is 12.3 Å². The Bertz CT molecular complexity index is 664. The molecular weight excluding hydrogens is 357 g/mol. The lowest BCUT2D eigenvalue weighted by Crippen LogP contribution is -2.39. The van der Waals surface area contributed by atoms with E-state index in [1.165, 1.54) is 18.4 Å². The molecule has 0 spiro atoms. The van der Waals surface area contributed by atoms with E-state index in [1.54, 1.807) is 0 Å². The maximum absolute atomic E-state index is 11.9. The van der Waals surface area contributed by atoms with Gasteiger partial charge in [-0.25, -0.2) is 4.98 Å². The van der Waals surface area contributed by atoms with Crippen LogP contribution in [-0.2, 0) is 16.0 Å². The predicted molar refractivity (Wildman–Crippen MR) is 96.8 cm³/mol. The number of aryl methyl sites for hydroxylation is 1. The summed E-state index contributed by atoms with van der Waals surface area (Å²) >= 11 is 7.44. The van der Waals surface area contributed by atoms with Gasteiger partial charge in [0.25, 0.3) is 0 Å². The van der Waals surface area contributed by atoms with Gasteiger partial charge in [-0.3, -0.25) is 4.79 Å². The molecule has 1 unspecified atom stereocenters. The Morgan fingerprint density at radius 3 is 2.91 bits per heavy atom. The molecule has 1 atom stereocenters. The van der Waals surface area contributed by atoms with Crippen molar-refractivity contribution < 1.29 is 9.53 Å². The highest BCUT2D eigenvalue weighted by Gasteiger charge is 2.16. The molecule has 1 aromatic heterocycles. The van der Waals surface area contributed by atoms with E-state index in [-0.39, 0.29) is 24.9 Å². The quantitative estimate of drug-likeness (QED) is 0.813. The number of carbonyl (C=O) groups excluding carboxylic acids is 1. The smallest absolute Gasteiger partial charge is 0.245 e. The summed E-state index contributed by atoms with van der Waals surface area (Å²) < 4.78 is 4.87. The third kappa shape index (κ3) is 5.75. The molecule has 0 saturated carbocycles. The summed E-state index contributed by atoms with van der Waals surface area (Å²) in [5.74, 6) is -0.301. The van der Waals surface area contributed by atoms with Crippen LogP contribution in [0.25, 0.3) is 0 Å². The Hall–Kier alpha value is -1.18. The van der Waals surface area contributed by atoms with Crippen molar-refractivity contribution in [2.45, 2.75) is 19.4 Å². The van der Waals surface area contributed by atoms with Gasteiger partial charge in [0.1, 0.15) is 6.04 Å². The number of carbonyl (C=O) groups is 1. The van der Waals surface area contributed by atoms with E-state index < -0.39 is 6.04 Å². The van der Waals surface area contributed by atoms with E-state index in [1.807, 2.05) is 31.2 Å². The molecule has 126 valence electrons. The van der Waals surface area contributed by atoms with Crippen molar-refractivity contribution >= 4 is 46.4 Å². The molecule has 2 rings (SSSR count). The lowest BCUT2D eigenvalue weighted by Gasteiger charge is -2.08. The van der Waals surface area contributed by atoms with E-state index in [2.05, 4.69) is 10.3 Å². The molecule has 5 nitrogen and oxygen atoms in total. The fourth-order valence-corrected chi connectivity index (χ4v) is 3.14. The molecule has 23 heavy (non-hydrogen) atoms. The summed E-state index contributed by atoms with van der Waals surface area (Å²) in [6, 6.07) is 6.99. The van der Waals surface area contributed by atoms with Crippen LogP contribution in [0.4, 0.5) is 5.13 Å². The molecule has 8 heteroatoms. The van der Waals surface area contributed by atoms with Gasteiger partial charge in [-0.2, -0.15) is 0 Å². The second-order valence-corrected chi connectivity index (χ2v) is 6.41. The van der Waals surface area contributed by atoms with Gasteiger partial charge < -0.3 is 15.8 Å². The van der Waals surface area contributed by atoms with E-state index >= 15 is 0 Å². The van der Waals surface area contributed by atoms with Crippen molar-refractivity contribution in [1.29, 1.82) is 0 Å². The first-order chi connectivity index (χ1) is 10.5. The number of nitrogens with zero attached hydrogens (tertiary/aromatic N) is 1. The monoisotopic (exact) mass is 375 g/mol. The Morgan fingerprint density at radius 2 is 2.26 bits per heavy atom. The van der Waals surface area contributed by atoms with Crippen molar-refractivity contribution in [3.63, 3.8) is 0 Å². The van der Waals surface area contributed by atoms with Gasteiger partial charge in [-0.15, -0.1) is 23.7 Å². The van der Waals surface area contributed by atoms with Gasteiger partial charge in [0, 0.05) is 23.4 Å². The molecule has 0 radical (unpaired) electrons. The zero-order valence-corrected chi connectivity index (χ0v) is 15.2. The van der Waals surface area contributed by atoms with Crippen LogP contribution >= 0.6 is 35.3 Å². The number of rotatable bonds is 6. The van der Waals surface area contributed by atoms with Crippen LogP contribution in [0.15, 0.2) is 24.3 Å². The van der Waals surface area contributed by atoms with Gasteiger partial charge in [-0.1, -0.05) is 23.7 Å². The van der Waals surface area contributed by atoms with Crippen molar-refractivity contribution in [3.8, 4) is 0 Å². The number of halogens is 2. The lowest BCUT2D eigenvalue weighted by atomic mass is 10.1. The van der Waals surface area contributed by atoms with Crippen molar-refractivity contribution in [3.05, 3.63) is 45.4 Å². The van der Waals surface area contributed by atoms with Gasteiger partial charge in [0.15, 0.2) is 5.13 Å². The minimum atomic E-state index is -0.703. The summed E-state index contributed by atoms with van der Waals surface area (Å²) in [4.78, 5) is 17.3. The number of thiazole rings is 1. The molecule has 2 aromatic rings. The number of ether oxygens (including phenoxy) is 1. The first-order valence-corrected chi connectivity index (χ1v) is 7.95. The van der Waals surface area contributed by atoms with E-state index in [0.29, 0.717) is 10.2 Å². The van der Waals surface area contributed by atoms with Crippen molar-refractivity contribution in [2.24, 2.45) is 5.73 Å². The number of benzene rings is 1. The Balaban J connectivity index is 0.00000264. The Kier molecular flexibility index (Phi) is 7.94. The minimum absolute atomic E-state index is 0. The molecule has 0 aliphatic rings. The number of hydrogen-bond acceptors (Lipinski definition) is 5. The topological polar surface area (TPSA) is 77.2 Å². The Morgan fingerprint density at radius 1 is 1.52 bits per heavy atom. The highest BCUT2D eigenvalue weighted by atomic mass is 35.5. The summed E-state index contributed by atoms with van der Waals surface area (Å²) in [5.41, 5.74) is 7.68.